The van der Waals surface area contributed by atoms with Gasteiger partial charge in [-0.2, -0.15) is 9.64 Å². The lowest BCUT2D eigenvalue weighted by molar-refractivity contribution is 1.11. The molecule has 4 heteroatoms. The maximum Gasteiger partial charge on any atom is 0.127 e. The number of anilines is 1. The number of benzene rings is 1. The van der Waals surface area contributed by atoms with Gasteiger partial charge in [-0.05, 0) is 36.0 Å². The molecule has 0 fully saturated rings. The smallest absolute Gasteiger partial charge is 0.127 e. The van der Waals surface area contributed by atoms with Crippen LogP contribution >= 0.6 is 11.5 Å². The van der Waals surface area contributed by atoms with Crippen LogP contribution in [0, 0.1) is 18.3 Å². The van der Waals surface area contributed by atoms with Gasteiger partial charge >= 0.3 is 0 Å². The van der Waals surface area contributed by atoms with Gasteiger partial charge in [0, 0.05) is 6.54 Å². The highest BCUT2D eigenvalue weighted by atomic mass is 32.1. The summed E-state index contributed by atoms with van der Waals surface area (Å²) in [6.07, 6.45) is 1.06. The first kappa shape index (κ1) is 12.6. The zero-order valence-electron chi connectivity index (χ0n) is 10.5. The summed E-state index contributed by atoms with van der Waals surface area (Å²) in [5.41, 5.74) is 4.00. The molecule has 1 aromatic heterocycles. The van der Waals surface area contributed by atoms with E-state index in [9.17, 15) is 0 Å². The summed E-state index contributed by atoms with van der Waals surface area (Å²) in [6.45, 7) is 4.73. The van der Waals surface area contributed by atoms with E-state index in [1.54, 1.807) is 0 Å². The summed E-state index contributed by atoms with van der Waals surface area (Å²) in [4.78, 5) is 0. The molecule has 0 atom stereocenters. The van der Waals surface area contributed by atoms with Gasteiger partial charge in [-0.25, -0.2) is 0 Å². The van der Waals surface area contributed by atoms with E-state index in [0.29, 0.717) is 5.56 Å². The zero-order chi connectivity index (χ0) is 13.0. The van der Waals surface area contributed by atoms with Gasteiger partial charge in [0.2, 0.25) is 0 Å². The molecule has 2 rings (SSSR count). The van der Waals surface area contributed by atoms with Crippen molar-refractivity contribution >= 4 is 16.5 Å². The molecule has 0 aliphatic carbocycles. The molecule has 0 aliphatic heterocycles. The minimum Gasteiger partial charge on any atom is -0.370 e. The Morgan fingerprint density at radius 2 is 1.94 bits per heavy atom. The highest BCUT2D eigenvalue weighted by Crippen LogP contribution is 2.23. The molecule has 2 aromatic rings. The second-order valence-corrected chi connectivity index (χ2v) is 4.88. The Morgan fingerprint density at radius 3 is 2.56 bits per heavy atom. The lowest BCUT2D eigenvalue weighted by atomic mass is 10.1. The number of nitriles is 1. The van der Waals surface area contributed by atoms with Crippen LogP contribution in [0.25, 0.3) is 0 Å². The molecule has 1 N–H and O–H groups in total. The SMILES string of the molecule is CCc1ccc(CNc2snc(C)c2C#N)cc1. The molecule has 0 unspecified atom stereocenters. The Morgan fingerprint density at radius 1 is 1.28 bits per heavy atom. The van der Waals surface area contributed by atoms with E-state index in [1.807, 2.05) is 6.92 Å². The third-order valence-corrected chi connectivity index (χ3v) is 3.76. The largest absolute Gasteiger partial charge is 0.370 e. The predicted molar refractivity (Wildman–Crippen MR) is 74.7 cm³/mol. The van der Waals surface area contributed by atoms with Crippen LogP contribution in [0.5, 0.6) is 0 Å². The zero-order valence-corrected chi connectivity index (χ0v) is 11.3. The van der Waals surface area contributed by atoms with E-state index in [4.69, 9.17) is 5.26 Å². The van der Waals surface area contributed by atoms with Gasteiger partial charge in [0.1, 0.15) is 16.6 Å². The number of rotatable bonds is 4. The normalized spacial score (nSPS) is 10.1. The number of hydrogen-bond donors (Lipinski definition) is 1. The van der Waals surface area contributed by atoms with Crippen LogP contribution in [0.4, 0.5) is 5.00 Å². The van der Waals surface area contributed by atoms with Gasteiger partial charge in [0.05, 0.1) is 5.69 Å². The number of nitrogens with one attached hydrogen (secondary N) is 1. The molecular weight excluding hydrogens is 242 g/mol. The molecule has 0 saturated heterocycles. The quantitative estimate of drug-likeness (QED) is 0.912. The molecule has 0 radical (unpaired) electrons. The van der Waals surface area contributed by atoms with Crippen molar-refractivity contribution in [3.63, 3.8) is 0 Å². The van der Waals surface area contributed by atoms with E-state index in [2.05, 4.69) is 46.9 Å². The number of hydrogen-bond acceptors (Lipinski definition) is 4. The second-order valence-electron chi connectivity index (χ2n) is 4.11. The minimum atomic E-state index is 0.658. The van der Waals surface area contributed by atoms with Crippen molar-refractivity contribution in [2.45, 2.75) is 26.8 Å². The van der Waals surface area contributed by atoms with Crippen molar-refractivity contribution in [1.82, 2.24) is 4.37 Å². The molecule has 3 nitrogen and oxygen atoms in total. The van der Waals surface area contributed by atoms with Crippen LogP contribution in [-0.2, 0) is 13.0 Å². The fraction of sp³-hybridized carbons (Fsp3) is 0.286. The lowest BCUT2D eigenvalue weighted by Gasteiger charge is -2.05. The number of aryl methyl sites for hydroxylation is 2. The Bertz CT molecular complexity index is 564. The van der Waals surface area contributed by atoms with Crippen LogP contribution in [0.3, 0.4) is 0 Å². The fourth-order valence-corrected chi connectivity index (χ4v) is 2.44. The van der Waals surface area contributed by atoms with E-state index in [-0.39, 0.29) is 0 Å². The van der Waals surface area contributed by atoms with Gasteiger partial charge in [-0.3, -0.25) is 0 Å². The van der Waals surface area contributed by atoms with Gasteiger partial charge < -0.3 is 5.32 Å². The van der Waals surface area contributed by atoms with Gasteiger partial charge in [-0.15, -0.1) is 0 Å². The van der Waals surface area contributed by atoms with E-state index in [0.717, 1.165) is 23.7 Å². The van der Waals surface area contributed by atoms with Crippen molar-refractivity contribution in [2.75, 3.05) is 5.32 Å². The predicted octanol–water partition coefficient (Wildman–Crippen LogP) is 3.50. The molecule has 0 aliphatic rings. The standard InChI is InChI=1S/C14H15N3S/c1-3-11-4-6-12(7-5-11)9-16-14-13(8-15)10(2)17-18-14/h4-7,16H,3,9H2,1-2H3. The summed E-state index contributed by atoms with van der Waals surface area (Å²) >= 11 is 1.34. The first-order chi connectivity index (χ1) is 8.74. The van der Waals surface area contributed by atoms with Gasteiger partial charge in [-0.1, -0.05) is 31.2 Å². The average molecular weight is 257 g/mol. The maximum atomic E-state index is 9.03. The summed E-state index contributed by atoms with van der Waals surface area (Å²) in [6, 6.07) is 10.7. The van der Waals surface area contributed by atoms with E-state index >= 15 is 0 Å². The molecule has 18 heavy (non-hydrogen) atoms. The van der Waals surface area contributed by atoms with E-state index < -0.39 is 0 Å². The Hall–Kier alpha value is -1.86. The summed E-state index contributed by atoms with van der Waals surface area (Å²) in [7, 11) is 0. The van der Waals surface area contributed by atoms with Crippen molar-refractivity contribution in [1.29, 1.82) is 5.26 Å². The Kier molecular flexibility index (Phi) is 3.96. The first-order valence-electron chi connectivity index (χ1n) is 5.92. The minimum absolute atomic E-state index is 0.658. The average Bonchev–Trinajstić information content (AvgIpc) is 2.77. The third-order valence-electron chi connectivity index (χ3n) is 2.86. The molecule has 1 heterocycles. The number of nitrogens with zero attached hydrogens (tertiary/aromatic N) is 2. The number of aromatic nitrogens is 1. The third kappa shape index (κ3) is 2.69. The van der Waals surface area contributed by atoms with Crippen LogP contribution in [0.1, 0.15) is 29.3 Å². The molecular formula is C14H15N3S. The highest BCUT2D eigenvalue weighted by Gasteiger charge is 2.09. The monoisotopic (exact) mass is 257 g/mol. The molecule has 0 bridgehead atoms. The van der Waals surface area contributed by atoms with Crippen molar-refractivity contribution < 1.29 is 0 Å². The molecule has 0 saturated carbocycles. The second kappa shape index (κ2) is 5.65. The summed E-state index contributed by atoms with van der Waals surface area (Å²) in [5, 5.41) is 13.2. The van der Waals surface area contributed by atoms with Gasteiger partial charge in [0.25, 0.3) is 0 Å². The topological polar surface area (TPSA) is 48.7 Å². The molecule has 0 amide bonds. The highest BCUT2D eigenvalue weighted by molar-refractivity contribution is 7.10. The summed E-state index contributed by atoms with van der Waals surface area (Å²) in [5.74, 6) is 0. The maximum absolute atomic E-state index is 9.03. The van der Waals surface area contributed by atoms with Crippen molar-refractivity contribution in [3.05, 3.63) is 46.6 Å². The van der Waals surface area contributed by atoms with E-state index in [1.165, 1.54) is 22.7 Å². The fourth-order valence-electron chi connectivity index (χ4n) is 1.70. The van der Waals surface area contributed by atoms with Crippen LogP contribution < -0.4 is 5.32 Å². The molecule has 92 valence electrons. The lowest BCUT2D eigenvalue weighted by Crippen LogP contribution is -1.99. The van der Waals surface area contributed by atoms with Crippen molar-refractivity contribution in [3.8, 4) is 6.07 Å². The van der Waals surface area contributed by atoms with Gasteiger partial charge in [0.15, 0.2) is 0 Å². The molecule has 1 aromatic carbocycles. The first-order valence-corrected chi connectivity index (χ1v) is 6.70. The molecule has 0 spiro atoms. The Balaban J connectivity index is 2.04. The van der Waals surface area contributed by atoms with Crippen LogP contribution in [0.15, 0.2) is 24.3 Å². The Labute approximate surface area is 111 Å². The van der Waals surface area contributed by atoms with Crippen molar-refractivity contribution in [2.24, 2.45) is 0 Å². The van der Waals surface area contributed by atoms with Crippen LogP contribution in [0.2, 0.25) is 0 Å². The van der Waals surface area contributed by atoms with Crippen LogP contribution in [-0.4, -0.2) is 4.37 Å². The summed E-state index contributed by atoms with van der Waals surface area (Å²) < 4.78 is 4.18.